The first-order valence-electron chi connectivity index (χ1n) is 8.80. The van der Waals surface area contributed by atoms with Gasteiger partial charge in [0.25, 0.3) is 5.91 Å². The Morgan fingerprint density at radius 2 is 1.97 bits per heavy atom. The van der Waals surface area contributed by atoms with Gasteiger partial charge in [-0.1, -0.05) is 35.1 Å². The van der Waals surface area contributed by atoms with Gasteiger partial charge < -0.3 is 4.98 Å². The van der Waals surface area contributed by atoms with Gasteiger partial charge in [-0.2, -0.15) is 0 Å². The SMILES string of the molecule is O=C(NC(=O)c1ccccc1Cl)Nc1nc2ccc(S(=O)(=O)Cc3ncc[nH]3)cc2s1. The molecule has 0 unspecified atom stereocenters. The van der Waals surface area contributed by atoms with Gasteiger partial charge in [0.15, 0.2) is 15.0 Å². The molecule has 4 aromatic rings. The van der Waals surface area contributed by atoms with Crippen LogP contribution in [0.4, 0.5) is 9.93 Å². The molecular formula is C19H14ClN5O4S2. The van der Waals surface area contributed by atoms with Crippen LogP contribution in [0.1, 0.15) is 16.2 Å². The lowest BCUT2D eigenvalue weighted by molar-refractivity contribution is 0.0967. The molecule has 158 valence electrons. The summed E-state index contributed by atoms with van der Waals surface area (Å²) in [6.45, 7) is 0. The number of carbonyl (C=O) groups excluding carboxylic acids is 2. The quantitative estimate of drug-likeness (QED) is 0.403. The lowest BCUT2D eigenvalue weighted by Gasteiger charge is -2.05. The van der Waals surface area contributed by atoms with Crippen molar-refractivity contribution in [3.05, 3.63) is 71.3 Å². The third kappa shape index (κ3) is 4.74. The van der Waals surface area contributed by atoms with E-state index >= 15 is 0 Å². The number of nitrogens with zero attached hydrogens (tertiary/aromatic N) is 2. The number of aromatic nitrogens is 3. The normalized spacial score (nSPS) is 11.4. The Morgan fingerprint density at radius 1 is 1.16 bits per heavy atom. The molecule has 4 rings (SSSR count). The van der Waals surface area contributed by atoms with Gasteiger partial charge >= 0.3 is 6.03 Å². The zero-order chi connectivity index (χ0) is 22.0. The minimum Gasteiger partial charge on any atom is -0.348 e. The number of amides is 3. The van der Waals surface area contributed by atoms with Crippen LogP contribution >= 0.6 is 22.9 Å². The smallest absolute Gasteiger partial charge is 0.327 e. The van der Waals surface area contributed by atoms with E-state index in [0.29, 0.717) is 16.0 Å². The number of halogens is 1. The number of benzene rings is 2. The number of carbonyl (C=O) groups is 2. The van der Waals surface area contributed by atoms with Crippen molar-refractivity contribution >= 4 is 60.1 Å². The Hall–Kier alpha value is -3.28. The number of imide groups is 1. The predicted molar refractivity (Wildman–Crippen MR) is 117 cm³/mol. The standard InChI is InChI=1S/C19H14ClN5O4S2/c20-13-4-2-1-3-12(13)17(26)24-18(27)25-19-23-14-6-5-11(9-15(14)30-19)31(28,29)10-16-21-7-8-22-16/h1-9H,10H2,(H,21,22)(H2,23,24,25,26,27). The highest BCUT2D eigenvalue weighted by Gasteiger charge is 2.19. The fourth-order valence-electron chi connectivity index (χ4n) is 2.74. The lowest BCUT2D eigenvalue weighted by Crippen LogP contribution is -2.34. The van der Waals surface area contributed by atoms with Gasteiger partial charge in [0.2, 0.25) is 0 Å². The summed E-state index contributed by atoms with van der Waals surface area (Å²) in [5, 5.41) is 5.08. The van der Waals surface area contributed by atoms with Crippen molar-refractivity contribution in [2.45, 2.75) is 10.6 Å². The van der Waals surface area contributed by atoms with Crippen molar-refractivity contribution in [1.29, 1.82) is 0 Å². The number of fused-ring (bicyclic) bond motifs is 1. The van der Waals surface area contributed by atoms with Gasteiger partial charge in [-0.15, -0.1) is 0 Å². The number of H-pyrrole nitrogens is 1. The molecule has 0 atom stereocenters. The molecule has 0 radical (unpaired) electrons. The minimum atomic E-state index is -3.61. The summed E-state index contributed by atoms with van der Waals surface area (Å²) in [4.78, 5) is 35.4. The van der Waals surface area contributed by atoms with Crippen LogP contribution in [0.3, 0.4) is 0 Å². The Bertz CT molecular complexity index is 1380. The van der Waals surface area contributed by atoms with Crippen molar-refractivity contribution in [3.8, 4) is 0 Å². The molecule has 31 heavy (non-hydrogen) atoms. The number of sulfone groups is 1. The summed E-state index contributed by atoms with van der Waals surface area (Å²) in [6, 6.07) is 10.0. The van der Waals surface area contributed by atoms with Crippen molar-refractivity contribution in [2.24, 2.45) is 0 Å². The van der Waals surface area contributed by atoms with Gasteiger partial charge in [0, 0.05) is 12.4 Å². The van der Waals surface area contributed by atoms with Crippen LogP contribution in [0.25, 0.3) is 10.2 Å². The number of thiazole rings is 1. The summed E-state index contributed by atoms with van der Waals surface area (Å²) in [6.07, 6.45) is 3.04. The number of anilines is 1. The first-order chi connectivity index (χ1) is 14.8. The molecule has 0 saturated heterocycles. The van der Waals surface area contributed by atoms with Crippen LogP contribution < -0.4 is 10.6 Å². The van der Waals surface area contributed by atoms with Crippen LogP contribution in [0.2, 0.25) is 5.02 Å². The second kappa shape index (κ2) is 8.46. The highest BCUT2D eigenvalue weighted by Crippen LogP contribution is 2.29. The van der Waals surface area contributed by atoms with Crippen molar-refractivity contribution in [1.82, 2.24) is 20.3 Å². The molecule has 9 nitrogen and oxygen atoms in total. The van der Waals surface area contributed by atoms with Crippen LogP contribution in [0.15, 0.2) is 59.8 Å². The van der Waals surface area contributed by atoms with Gasteiger partial charge in [-0.25, -0.2) is 23.2 Å². The summed E-state index contributed by atoms with van der Waals surface area (Å²) < 4.78 is 25.8. The zero-order valence-electron chi connectivity index (χ0n) is 15.6. The monoisotopic (exact) mass is 475 g/mol. The minimum absolute atomic E-state index is 0.116. The molecular weight excluding hydrogens is 462 g/mol. The zero-order valence-corrected chi connectivity index (χ0v) is 18.0. The highest BCUT2D eigenvalue weighted by molar-refractivity contribution is 7.90. The average Bonchev–Trinajstić information content (AvgIpc) is 3.36. The van der Waals surface area contributed by atoms with E-state index in [1.54, 1.807) is 30.5 Å². The number of nitrogens with one attached hydrogen (secondary N) is 3. The summed E-state index contributed by atoms with van der Waals surface area (Å²) in [5.74, 6) is -0.579. The van der Waals surface area contributed by atoms with Crippen LogP contribution in [-0.4, -0.2) is 35.3 Å². The Balaban J connectivity index is 1.48. The molecule has 0 saturated carbocycles. The first-order valence-corrected chi connectivity index (χ1v) is 11.6. The van der Waals surface area contributed by atoms with Crippen molar-refractivity contribution in [2.75, 3.05) is 5.32 Å². The van der Waals surface area contributed by atoms with E-state index in [9.17, 15) is 18.0 Å². The number of imidazole rings is 1. The van der Waals surface area contributed by atoms with E-state index in [1.165, 1.54) is 24.4 Å². The van der Waals surface area contributed by atoms with Crippen LogP contribution in [0.5, 0.6) is 0 Å². The van der Waals surface area contributed by atoms with Gasteiger partial charge in [0.05, 0.1) is 25.7 Å². The van der Waals surface area contributed by atoms with Crippen molar-refractivity contribution in [3.63, 3.8) is 0 Å². The number of urea groups is 1. The highest BCUT2D eigenvalue weighted by atomic mass is 35.5. The van der Waals surface area contributed by atoms with E-state index in [4.69, 9.17) is 11.6 Å². The Kier molecular flexibility index (Phi) is 5.72. The maximum absolute atomic E-state index is 12.6. The van der Waals surface area contributed by atoms with E-state index in [0.717, 1.165) is 11.3 Å². The van der Waals surface area contributed by atoms with Gasteiger partial charge in [0.1, 0.15) is 11.6 Å². The molecule has 0 aliphatic carbocycles. The second-order valence-electron chi connectivity index (χ2n) is 6.33. The maximum atomic E-state index is 12.6. The van der Waals surface area contributed by atoms with Gasteiger partial charge in [-0.05, 0) is 30.3 Å². The average molecular weight is 476 g/mol. The molecule has 0 bridgehead atoms. The molecule has 2 heterocycles. The molecule has 3 N–H and O–H groups in total. The molecule has 0 aliphatic heterocycles. The molecule has 12 heteroatoms. The summed E-state index contributed by atoms with van der Waals surface area (Å²) in [7, 11) is -3.61. The molecule has 0 aliphatic rings. The van der Waals surface area contributed by atoms with E-state index < -0.39 is 21.8 Å². The molecule has 0 fully saturated rings. The second-order valence-corrected chi connectivity index (χ2v) is 9.76. The summed E-state index contributed by atoms with van der Waals surface area (Å²) >= 11 is 7.04. The third-order valence-corrected chi connectivity index (χ3v) is 7.06. The number of rotatable bonds is 5. The van der Waals surface area contributed by atoms with E-state index in [-0.39, 0.29) is 26.4 Å². The van der Waals surface area contributed by atoms with Crippen LogP contribution in [0, 0.1) is 0 Å². The lowest BCUT2D eigenvalue weighted by atomic mass is 10.2. The molecule has 2 aromatic carbocycles. The largest absolute Gasteiger partial charge is 0.348 e. The maximum Gasteiger partial charge on any atom is 0.327 e. The predicted octanol–water partition coefficient (Wildman–Crippen LogP) is 3.61. The summed E-state index contributed by atoms with van der Waals surface area (Å²) in [5.41, 5.74) is 0.671. The Labute approximate surface area is 185 Å². The molecule has 2 aromatic heterocycles. The molecule has 3 amide bonds. The van der Waals surface area contributed by atoms with Crippen LogP contribution in [-0.2, 0) is 15.6 Å². The number of hydrogen-bond acceptors (Lipinski definition) is 7. The molecule has 0 spiro atoms. The van der Waals surface area contributed by atoms with E-state index in [1.807, 2.05) is 0 Å². The fraction of sp³-hybridized carbons (Fsp3) is 0.0526. The Morgan fingerprint density at radius 3 is 2.71 bits per heavy atom. The van der Waals surface area contributed by atoms with Crippen molar-refractivity contribution < 1.29 is 18.0 Å². The first kappa shape index (κ1) is 21.0. The third-order valence-electron chi connectivity index (χ3n) is 4.17. The topological polar surface area (TPSA) is 134 Å². The fourth-order valence-corrected chi connectivity index (χ4v) is 5.19. The van der Waals surface area contributed by atoms with E-state index in [2.05, 4.69) is 25.6 Å². The number of hydrogen-bond donors (Lipinski definition) is 3. The van der Waals surface area contributed by atoms with Gasteiger partial charge in [-0.3, -0.25) is 15.4 Å². The number of aromatic amines is 1.